The molecule has 0 aliphatic rings. The standard InChI is InChI=1S/C15H16FN5OS/c1-15(2,3)13-17-14(21-20-13)23-8-11-18-19-12(22-11)9-4-6-10(16)7-5-9/h4-7H,8H2,1-3H3,(H,17,20,21). The normalized spacial score (nSPS) is 11.8. The minimum absolute atomic E-state index is 0.0773. The molecule has 0 saturated heterocycles. The predicted molar refractivity (Wildman–Crippen MR) is 84.3 cm³/mol. The highest BCUT2D eigenvalue weighted by Crippen LogP contribution is 2.24. The van der Waals surface area contributed by atoms with Gasteiger partial charge in [-0.1, -0.05) is 32.5 Å². The van der Waals surface area contributed by atoms with Crippen molar-refractivity contribution in [2.24, 2.45) is 0 Å². The number of nitrogens with one attached hydrogen (secondary N) is 1. The Labute approximate surface area is 136 Å². The summed E-state index contributed by atoms with van der Waals surface area (Å²) in [5.74, 6) is 1.83. The Morgan fingerprint density at radius 2 is 1.91 bits per heavy atom. The fraction of sp³-hybridized carbons (Fsp3) is 0.333. The van der Waals surface area contributed by atoms with Gasteiger partial charge in [0.05, 0.1) is 5.75 Å². The number of aromatic amines is 1. The van der Waals surface area contributed by atoms with Crippen LogP contribution in [0.2, 0.25) is 0 Å². The van der Waals surface area contributed by atoms with Crippen LogP contribution in [0.15, 0.2) is 33.8 Å². The van der Waals surface area contributed by atoms with Crippen molar-refractivity contribution in [2.75, 3.05) is 0 Å². The zero-order chi connectivity index (χ0) is 16.4. The Bertz CT molecular complexity index is 791. The quantitative estimate of drug-likeness (QED) is 0.735. The summed E-state index contributed by atoms with van der Waals surface area (Å²) in [6, 6.07) is 5.92. The molecule has 0 spiro atoms. The minimum Gasteiger partial charge on any atom is -0.420 e. The van der Waals surface area contributed by atoms with Gasteiger partial charge in [-0.05, 0) is 24.3 Å². The molecule has 1 aromatic carbocycles. The summed E-state index contributed by atoms with van der Waals surface area (Å²) in [7, 11) is 0. The van der Waals surface area contributed by atoms with E-state index in [4.69, 9.17) is 4.42 Å². The molecule has 0 fully saturated rings. The molecule has 23 heavy (non-hydrogen) atoms. The highest BCUT2D eigenvalue weighted by Gasteiger charge is 2.19. The van der Waals surface area contributed by atoms with Crippen molar-refractivity contribution in [3.63, 3.8) is 0 Å². The molecule has 1 N–H and O–H groups in total. The van der Waals surface area contributed by atoms with Crippen LogP contribution in [0, 0.1) is 5.82 Å². The van der Waals surface area contributed by atoms with Crippen LogP contribution in [0.1, 0.15) is 32.5 Å². The molecular weight excluding hydrogens is 317 g/mol. The van der Waals surface area contributed by atoms with Gasteiger partial charge in [-0.25, -0.2) is 9.37 Å². The van der Waals surface area contributed by atoms with Gasteiger partial charge in [0.15, 0.2) is 0 Å². The summed E-state index contributed by atoms with van der Waals surface area (Å²) in [6.07, 6.45) is 0. The van der Waals surface area contributed by atoms with Gasteiger partial charge in [0, 0.05) is 11.0 Å². The van der Waals surface area contributed by atoms with Crippen molar-refractivity contribution in [1.29, 1.82) is 0 Å². The van der Waals surface area contributed by atoms with E-state index >= 15 is 0 Å². The number of benzene rings is 1. The summed E-state index contributed by atoms with van der Waals surface area (Å²) in [5, 5.41) is 15.7. The number of aromatic nitrogens is 5. The molecule has 3 rings (SSSR count). The smallest absolute Gasteiger partial charge is 0.247 e. The van der Waals surface area contributed by atoms with E-state index in [1.54, 1.807) is 12.1 Å². The lowest BCUT2D eigenvalue weighted by atomic mass is 9.96. The van der Waals surface area contributed by atoms with Crippen molar-refractivity contribution in [3.05, 3.63) is 41.8 Å². The van der Waals surface area contributed by atoms with E-state index in [1.165, 1.54) is 23.9 Å². The average molecular weight is 333 g/mol. The van der Waals surface area contributed by atoms with Crippen LogP contribution in [0.4, 0.5) is 4.39 Å². The van der Waals surface area contributed by atoms with Crippen LogP contribution < -0.4 is 0 Å². The van der Waals surface area contributed by atoms with E-state index < -0.39 is 0 Å². The lowest BCUT2D eigenvalue weighted by Gasteiger charge is -2.12. The SMILES string of the molecule is CC(C)(C)c1nc(SCc2nnc(-c3ccc(F)cc3)o2)n[nH]1. The Hall–Kier alpha value is -2.22. The zero-order valence-electron chi connectivity index (χ0n) is 13.0. The third-order valence-electron chi connectivity index (χ3n) is 3.06. The third-order valence-corrected chi connectivity index (χ3v) is 3.89. The molecule has 120 valence electrons. The molecule has 0 unspecified atom stereocenters. The maximum atomic E-state index is 12.9. The Kier molecular flexibility index (Phi) is 4.16. The Morgan fingerprint density at radius 1 is 1.17 bits per heavy atom. The highest BCUT2D eigenvalue weighted by atomic mass is 32.2. The molecule has 0 amide bonds. The van der Waals surface area contributed by atoms with Crippen molar-refractivity contribution < 1.29 is 8.81 Å². The second-order valence-electron chi connectivity index (χ2n) is 6.01. The maximum Gasteiger partial charge on any atom is 0.247 e. The molecule has 0 radical (unpaired) electrons. The fourth-order valence-corrected chi connectivity index (χ4v) is 2.43. The van der Waals surface area contributed by atoms with Crippen molar-refractivity contribution in [3.8, 4) is 11.5 Å². The predicted octanol–water partition coefficient (Wildman–Crippen LogP) is 3.58. The van der Waals surface area contributed by atoms with Crippen LogP contribution in [0.5, 0.6) is 0 Å². The first-order valence-electron chi connectivity index (χ1n) is 7.06. The second-order valence-corrected chi connectivity index (χ2v) is 6.96. The van der Waals surface area contributed by atoms with Gasteiger partial charge in [0.1, 0.15) is 11.6 Å². The van der Waals surface area contributed by atoms with Gasteiger partial charge < -0.3 is 4.42 Å². The molecule has 0 atom stereocenters. The van der Waals surface area contributed by atoms with Gasteiger partial charge in [-0.3, -0.25) is 5.10 Å². The Balaban J connectivity index is 1.65. The van der Waals surface area contributed by atoms with E-state index in [-0.39, 0.29) is 11.2 Å². The topological polar surface area (TPSA) is 80.5 Å². The van der Waals surface area contributed by atoms with Gasteiger partial charge in [-0.15, -0.1) is 15.3 Å². The van der Waals surface area contributed by atoms with E-state index in [0.29, 0.717) is 28.3 Å². The first-order chi connectivity index (χ1) is 10.9. The van der Waals surface area contributed by atoms with E-state index in [1.807, 2.05) is 0 Å². The van der Waals surface area contributed by atoms with Crippen LogP contribution >= 0.6 is 11.8 Å². The molecule has 3 aromatic rings. The molecule has 0 saturated carbocycles. The number of halogens is 1. The summed E-state index contributed by atoms with van der Waals surface area (Å²) >= 11 is 1.41. The first kappa shape index (κ1) is 15.7. The molecule has 0 aliphatic heterocycles. The average Bonchev–Trinajstić information content (AvgIpc) is 3.15. The number of rotatable bonds is 4. The third kappa shape index (κ3) is 3.76. The van der Waals surface area contributed by atoms with Gasteiger partial charge >= 0.3 is 0 Å². The van der Waals surface area contributed by atoms with Crippen LogP contribution in [-0.2, 0) is 11.2 Å². The van der Waals surface area contributed by atoms with E-state index in [2.05, 4.69) is 46.1 Å². The van der Waals surface area contributed by atoms with Crippen LogP contribution in [-0.4, -0.2) is 25.4 Å². The largest absolute Gasteiger partial charge is 0.420 e. The van der Waals surface area contributed by atoms with E-state index in [0.717, 1.165) is 5.82 Å². The van der Waals surface area contributed by atoms with Crippen molar-refractivity contribution in [1.82, 2.24) is 25.4 Å². The number of thioether (sulfide) groups is 1. The number of nitrogens with zero attached hydrogens (tertiary/aromatic N) is 4. The lowest BCUT2D eigenvalue weighted by Crippen LogP contribution is -2.13. The van der Waals surface area contributed by atoms with Crippen molar-refractivity contribution in [2.45, 2.75) is 37.1 Å². The molecular formula is C15H16FN5OS. The molecule has 0 aliphatic carbocycles. The highest BCUT2D eigenvalue weighted by molar-refractivity contribution is 7.98. The minimum atomic E-state index is -0.302. The Morgan fingerprint density at radius 3 is 2.57 bits per heavy atom. The lowest BCUT2D eigenvalue weighted by molar-refractivity contribution is 0.528. The summed E-state index contributed by atoms with van der Waals surface area (Å²) in [5.41, 5.74) is 0.606. The summed E-state index contributed by atoms with van der Waals surface area (Å²) < 4.78 is 18.5. The fourth-order valence-electron chi connectivity index (χ4n) is 1.79. The van der Waals surface area contributed by atoms with E-state index in [9.17, 15) is 4.39 Å². The van der Waals surface area contributed by atoms with Crippen molar-refractivity contribution >= 4 is 11.8 Å². The summed E-state index contributed by atoms with van der Waals surface area (Å²) in [4.78, 5) is 4.44. The zero-order valence-corrected chi connectivity index (χ0v) is 13.8. The number of hydrogen-bond donors (Lipinski definition) is 1. The van der Waals surface area contributed by atoms with Gasteiger partial charge in [0.2, 0.25) is 16.9 Å². The van der Waals surface area contributed by atoms with Gasteiger partial charge in [-0.2, -0.15) is 0 Å². The molecule has 2 aromatic heterocycles. The second kappa shape index (κ2) is 6.11. The monoisotopic (exact) mass is 333 g/mol. The molecule has 8 heteroatoms. The molecule has 6 nitrogen and oxygen atoms in total. The maximum absolute atomic E-state index is 12.9. The first-order valence-corrected chi connectivity index (χ1v) is 8.04. The van der Waals surface area contributed by atoms with Crippen LogP contribution in [0.3, 0.4) is 0 Å². The van der Waals surface area contributed by atoms with Crippen LogP contribution in [0.25, 0.3) is 11.5 Å². The number of H-pyrrole nitrogens is 1. The van der Waals surface area contributed by atoms with Gasteiger partial charge in [0.25, 0.3) is 0 Å². The summed E-state index contributed by atoms with van der Waals surface area (Å²) in [6.45, 7) is 6.19. The molecule has 0 bridgehead atoms. The number of hydrogen-bond acceptors (Lipinski definition) is 6. The molecule has 2 heterocycles.